The summed E-state index contributed by atoms with van der Waals surface area (Å²) in [6.07, 6.45) is 0. The predicted octanol–water partition coefficient (Wildman–Crippen LogP) is 4.27. The minimum atomic E-state index is -0.347. The van der Waals surface area contributed by atoms with Gasteiger partial charge in [0.25, 0.3) is 5.91 Å². The van der Waals surface area contributed by atoms with E-state index in [4.69, 9.17) is 9.15 Å². The van der Waals surface area contributed by atoms with Crippen molar-refractivity contribution in [1.29, 1.82) is 0 Å². The molecule has 134 valence electrons. The van der Waals surface area contributed by atoms with Crippen LogP contribution >= 0.6 is 0 Å². The van der Waals surface area contributed by atoms with Crippen molar-refractivity contribution in [3.63, 3.8) is 0 Å². The number of hydrogen-bond acceptors (Lipinski definition) is 4. The molecule has 2 N–H and O–H groups in total. The van der Waals surface area contributed by atoms with E-state index < -0.39 is 0 Å². The topological polar surface area (TPSA) is 80.6 Å². The molecule has 0 aliphatic heterocycles. The molecule has 3 aromatic rings. The van der Waals surface area contributed by atoms with Crippen molar-refractivity contribution in [2.45, 2.75) is 20.8 Å². The van der Waals surface area contributed by atoms with Gasteiger partial charge in [0.05, 0.1) is 7.11 Å². The van der Waals surface area contributed by atoms with Gasteiger partial charge in [-0.05, 0) is 49.7 Å². The zero-order valence-corrected chi connectivity index (χ0v) is 15.1. The lowest BCUT2D eigenvalue weighted by molar-refractivity contribution is -0.114. The van der Waals surface area contributed by atoms with E-state index in [-0.39, 0.29) is 17.6 Å². The second kappa shape index (κ2) is 6.92. The fraction of sp³-hybridized carbons (Fsp3) is 0.200. The van der Waals surface area contributed by atoms with Crippen LogP contribution in [0.1, 0.15) is 28.6 Å². The fourth-order valence-corrected chi connectivity index (χ4v) is 2.82. The van der Waals surface area contributed by atoms with Crippen molar-refractivity contribution < 1.29 is 18.7 Å². The van der Waals surface area contributed by atoms with Crippen LogP contribution in [0.3, 0.4) is 0 Å². The van der Waals surface area contributed by atoms with Gasteiger partial charge in [0.15, 0.2) is 5.76 Å². The molecule has 0 fully saturated rings. The van der Waals surface area contributed by atoms with Gasteiger partial charge in [-0.25, -0.2) is 0 Å². The van der Waals surface area contributed by atoms with Gasteiger partial charge in [0.1, 0.15) is 11.3 Å². The fourth-order valence-electron chi connectivity index (χ4n) is 2.82. The Labute approximate surface area is 151 Å². The normalized spacial score (nSPS) is 10.6. The number of carbonyl (C=O) groups is 2. The van der Waals surface area contributed by atoms with E-state index >= 15 is 0 Å². The lowest BCUT2D eigenvalue weighted by atomic mass is 10.1. The van der Waals surface area contributed by atoms with Crippen molar-refractivity contribution >= 4 is 34.2 Å². The van der Waals surface area contributed by atoms with E-state index in [2.05, 4.69) is 10.6 Å². The van der Waals surface area contributed by atoms with E-state index in [0.717, 1.165) is 16.5 Å². The molecule has 1 aromatic heterocycles. The van der Waals surface area contributed by atoms with Crippen LogP contribution in [0.25, 0.3) is 11.0 Å². The average molecular weight is 352 g/mol. The lowest BCUT2D eigenvalue weighted by Crippen LogP contribution is -2.14. The van der Waals surface area contributed by atoms with Crippen LogP contribution in [-0.2, 0) is 4.79 Å². The van der Waals surface area contributed by atoms with Gasteiger partial charge in [0, 0.05) is 29.2 Å². The number of ether oxygens (including phenoxy) is 1. The molecule has 2 aromatic carbocycles. The third kappa shape index (κ3) is 3.26. The quantitative estimate of drug-likeness (QED) is 0.735. The van der Waals surface area contributed by atoms with Crippen LogP contribution in [0.4, 0.5) is 11.4 Å². The highest BCUT2D eigenvalue weighted by Gasteiger charge is 2.19. The molecular weight excluding hydrogens is 332 g/mol. The number of benzene rings is 2. The monoisotopic (exact) mass is 352 g/mol. The summed E-state index contributed by atoms with van der Waals surface area (Å²) in [5, 5.41) is 6.43. The minimum absolute atomic E-state index is 0.168. The first-order chi connectivity index (χ1) is 12.4. The first-order valence-corrected chi connectivity index (χ1v) is 8.16. The highest BCUT2D eigenvalue weighted by molar-refractivity contribution is 6.07. The Morgan fingerprint density at radius 2 is 1.69 bits per heavy atom. The number of carbonyl (C=O) groups excluding carboxylic acids is 2. The molecule has 0 atom stereocenters. The average Bonchev–Trinajstić information content (AvgIpc) is 2.94. The molecule has 0 aliphatic rings. The number of nitrogens with one attached hydrogen (secondary N) is 2. The number of methoxy groups -OCH3 is 1. The molecule has 2 amide bonds. The highest BCUT2D eigenvalue weighted by Crippen LogP contribution is 2.30. The van der Waals surface area contributed by atoms with Crippen molar-refractivity contribution in [3.8, 4) is 5.75 Å². The molecule has 26 heavy (non-hydrogen) atoms. The summed E-state index contributed by atoms with van der Waals surface area (Å²) in [5.74, 6) is 0.434. The van der Waals surface area contributed by atoms with Crippen LogP contribution in [0, 0.1) is 13.8 Å². The number of hydrogen-bond donors (Lipinski definition) is 2. The maximum absolute atomic E-state index is 12.7. The summed E-state index contributed by atoms with van der Waals surface area (Å²) >= 11 is 0. The molecule has 0 radical (unpaired) electrons. The van der Waals surface area contributed by atoms with Gasteiger partial charge < -0.3 is 19.8 Å². The van der Waals surface area contributed by atoms with Crippen LogP contribution < -0.4 is 15.4 Å². The van der Waals surface area contributed by atoms with Gasteiger partial charge in [-0.15, -0.1) is 0 Å². The Morgan fingerprint density at radius 1 is 1.00 bits per heavy atom. The molecule has 0 aliphatic carbocycles. The van der Waals surface area contributed by atoms with E-state index in [1.54, 1.807) is 37.4 Å². The molecule has 6 heteroatoms. The van der Waals surface area contributed by atoms with E-state index in [1.165, 1.54) is 6.92 Å². The molecule has 0 spiro atoms. The second-order valence-electron chi connectivity index (χ2n) is 6.03. The number of aryl methyl sites for hydroxylation is 1. The Balaban J connectivity index is 1.92. The maximum Gasteiger partial charge on any atom is 0.291 e. The first kappa shape index (κ1) is 17.5. The predicted molar refractivity (Wildman–Crippen MR) is 101 cm³/mol. The summed E-state index contributed by atoms with van der Waals surface area (Å²) in [4.78, 5) is 24.0. The Kier molecular flexibility index (Phi) is 4.67. The number of anilines is 2. The first-order valence-electron chi connectivity index (χ1n) is 8.16. The van der Waals surface area contributed by atoms with Gasteiger partial charge in [-0.1, -0.05) is 6.07 Å². The number of amides is 2. The molecule has 0 unspecified atom stereocenters. The highest BCUT2D eigenvalue weighted by atomic mass is 16.5. The van der Waals surface area contributed by atoms with Crippen LogP contribution in [0.15, 0.2) is 40.8 Å². The lowest BCUT2D eigenvalue weighted by Gasteiger charge is -2.12. The standard InChI is InChI=1S/C20H20N2O4/c1-11-15-10-14(25-4)8-9-18(15)26-19(11)20(24)22-17-7-5-6-16(12(17)2)21-13(3)23/h5-10H,1-4H3,(H,21,23)(H,22,24). The summed E-state index contributed by atoms with van der Waals surface area (Å²) in [5.41, 5.74) is 3.40. The van der Waals surface area contributed by atoms with Crippen molar-refractivity contribution in [3.05, 3.63) is 53.3 Å². The van der Waals surface area contributed by atoms with E-state index in [0.29, 0.717) is 22.7 Å². The summed E-state index contributed by atoms with van der Waals surface area (Å²) in [7, 11) is 1.59. The smallest absolute Gasteiger partial charge is 0.291 e. The van der Waals surface area contributed by atoms with Crippen molar-refractivity contribution in [2.75, 3.05) is 17.7 Å². The molecule has 0 saturated heterocycles. The van der Waals surface area contributed by atoms with Gasteiger partial charge in [0.2, 0.25) is 5.91 Å². The summed E-state index contributed by atoms with van der Waals surface area (Å²) < 4.78 is 11.0. The summed E-state index contributed by atoms with van der Waals surface area (Å²) in [6, 6.07) is 10.7. The van der Waals surface area contributed by atoms with E-state index in [9.17, 15) is 9.59 Å². The maximum atomic E-state index is 12.7. The molecular formula is C20H20N2O4. The zero-order chi connectivity index (χ0) is 18.8. The molecule has 0 saturated carbocycles. The number of rotatable bonds is 4. The third-order valence-electron chi connectivity index (χ3n) is 4.24. The van der Waals surface area contributed by atoms with Crippen LogP contribution in [-0.4, -0.2) is 18.9 Å². The zero-order valence-electron chi connectivity index (χ0n) is 15.1. The molecule has 0 bridgehead atoms. The van der Waals surface area contributed by atoms with Crippen molar-refractivity contribution in [1.82, 2.24) is 0 Å². The molecule has 6 nitrogen and oxygen atoms in total. The Bertz CT molecular complexity index is 1000. The second-order valence-corrected chi connectivity index (χ2v) is 6.03. The van der Waals surface area contributed by atoms with Gasteiger partial charge >= 0.3 is 0 Å². The van der Waals surface area contributed by atoms with Gasteiger partial charge in [-0.2, -0.15) is 0 Å². The Hall–Kier alpha value is -3.28. The van der Waals surface area contributed by atoms with E-state index in [1.807, 2.05) is 19.9 Å². The number of furan rings is 1. The van der Waals surface area contributed by atoms with Crippen molar-refractivity contribution in [2.24, 2.45) is 0 Å². The summed E-state index contributed by atoms with van der Waals surface area (Å²) in [6.45, 7) is 5.11. The minimum Gasteiger partial charge on any atom is -0.497 e. The van der Waals surface area contributed by atoms with Gasteiger partial charge in [-0.3, -0.25) is 9.59 Å². The SMILES string of the molecule is COc1ccc2oc(C(=O)Nc3cccc(NC(C)=O)c3C)c(C)c2c1. The largest absolute Gasteiger partial charge is 0.497 e. The number of fused-ring (bicyclic) bond motifs is 1. The molecule has 3 rings (SSSR count). The third-order valence-corrected chi connectivity index (χ3v) is 4.24. The molecule has 1 heterocycles. The Morgan fingerprint density at radius 3 is 2.35 bits per heavy atom. The van der Waals surface area contributed by atoms with Crippen LogP contribution in [0.5, 0.6) is 5.75 Å². The van der Waals surface area contributed by atoms with Crippen LogP contribution in [0.2, 0.25) is 0 Å².